The topological polar surface area (TPSA) is 275 Å². The van der Waals surface area contributed by atoms with E-state index in [1.807, 2.05) is 6.92 Å². The summed E-state index contributed by atoms with van der Waals surface area (Å²) in [6.07, 6.45) is -18.4. The van der Waals surface area contributed by atoms with Crippen molar-refractivity contribution in [2.24, 2.45) is 28.6 Å². The highest BCUT2D eigenvalue weighted by Gasteiger charge is 2.60. The molecule has 17 heteroatoms. The van der Waals surface area contributed by atoms with Crippen molar-refractivity contribution in [3.05, 3.63) is 12.2 Å². The van der Waals surface area contributed by atoms with Crippen LogP contribution in [-0.2, 0) is 33.2 Å². The van der Waals surface area contributed by atoms with Gasteiger partial charge in [-0.25, -0.2) is 0 Å². The molecule has 20 atom stereocenters. The van der Waals surface area contributed by atoms with E-state index in [0.717, 1.165) is 51.4 Å². The molecule has 3 saturated heterocycles. The second-order valence-electron chi connectivity index (χ2n) is 16.8. The monoisotopic (exact) mass is 776 g/mol. The second kappa shape index (κ2) is 16.8. The number of carbonyl (C=O) groups is 1. The molecule has 10 N–H and O–H groups in total. The van der Waals surface area contributed by atoms with E-state index in [1.54, 1.807) is 0 Å². The maximum absolute atomic E-state index is 14.7. The van der Waals surface area contributed by atoms with E-state index in [1.165, 1.54) is 5.57 Å². The summed E-state index contributed by atoms with van der Waals surface area (Å²) < 4.78 is 35.3. The van der Waals surface area contributed by atoms with Crippen molar-refractivity contribution in [1.82, 2.24) is 0 Å². The minimum Gasteiger partial charge on any atom is -0.432 e. The van der Waals surface area contributed by atoms with E-state index < -0.39 is 123 Å². The molecule has 0 radical (unpaired) electrons. The first kappa shape index (κ1) is 42.2. The summed E-state index contributed by atoms with van der Waals surface area (Å²) in [6, 6.07) is 0. The molecule has 0 amide bonds. The largest absolute Gasteiger partial charge is 0.432 e. The van der Waals surface area contributed by atoms with Crippen molar-refractivity contribution in [1.29, 1.82) is 0 Å². The zero-order valence-corrected chi connectivity index (χ0v) is 30.9. The highest BCUT2D eigenvalue weighted by Crippen LogP contribution is 2.61. The highest BCUT2D eigenvalue weighted by molar-refractivity contribution is 5.77. The van der Waals surface area contributed by atoms with E-state index in [4.69, 9.17) is 28.4 Å². The number of fused-ring (bicyclic) bond motifs is 4. The number of aliphatic hydroxyl groups excluding tert-OH is 10. The third kappa shape index (κ3) is 7.65. The maximum Gasteiger partial charge on any atom is 0.314 e. The van der Waals surface area contributed by atoms with Gasteiger partial charge in [0.2, 0.25) is 6.29 Å². The molecule has 54 heavy (non-hydrogen) atoms. The molecule has 3 aliphatic heterocycles. The SMILES string of the molecule is C=C1CC2CC[C@@H]1CCC[C@@H]1[C@](C)(C(=O)O[C@@H]3O[C@H](CO)[C@@H](O)[C@H](O[C@@H]4O[C@H](CO)[C@@H](O)[C@H](O)[C@H]4O)[C@H]3O[C@@H]3O[C@H](CO)[C@@H](O)[C@H](O)[C@H]3O)CCC[C@@]21C. The van der Waals surface area contributed by atoms with Crippen LogP contribution in [0.5, 0.6) is 0 Å². The predicted octanol–water partition coefficient (Wildman–Crippen LogP) is -2.05. The van der Waals surface area contributed by atoms with Crippen LogP contribution in [0.2, 0.25) is 0 Å². The Labute approximate surface area is 314 Å². The number of esters is 1. The van der Waals surface area contributed by atoms with Crippen LogP contribution in [0.25, 0.3) is 0 Å². The normalized spacial score (nSPS) is 51.4. The number of hydrogen-bond acceptors (Lipinski definition) is 17. The Balaban J connectivity index is 1.33. The van der Waals surface area contributed by atoms with Gasteiger partial charge >= 0.3 is 5.97 Å². The predicted molar refractivity (Wildman–Crippen MR) is 183 cm³/mol. The van der Waals surface area contributed by atoms with Gasteiger partial charge in [0.05, 0.1) is 25.2 Å². The van der Waals surface area contributed by atoms with Crippen molar-refractivity contribution in [2.75, 3.05) is 19.8 Å². The molecule has 4 aliphatic carbocycles. The molecule has 7 aliphatic rings. The summed E-state index contributed by atoms with van der Waals surface area (Å²) in [4.78, 5) is 14.7. The van der Waals surface area contributed by atoms with E-state index in [-0.39, 0.29) is 11.3 Å². The highest BCUT2D eigenvalue weighted by atomic mass is 16.8. The molecule has 310 valence electrons. The quantitative estimate of drug-likeness (QED) is 0.0891. The summed E-state index contributed by atoms with van der Waals surface area (Å²) in [5.41, 5.74) is 0.0418. The van der Waals surface area contributed by atoms with Crippen LogP contribution in [0.15, 0.2) is 12.2 Å². The lowest BCUT2D eigenvalue weighted by atomic mass is 9.49. The summed E-state index contributed by atoms with van der Waals surface area (Å²) in [5.74, 6) is 0.0599. The maximum atomic E-state index is 14.7. The number of carbonyl (C=O) groups excluding carboxylic acids is 1. The number of hydrogen-bond donors (Lipinski definition) is 10. The number of rotatable bonds is 9. The summed E-state index contributed by atoms with van der Waals surface area (Å²) in [7, 11) is 0. The first-order valence-electron chi connectivity index (χ1n) is 19.3. The number of allylic oxidation sites excluding steroid dienone is 1. The molecule has 2 bridgehead atoms. The minimum atomic E-state index is -1.94. The minimum absolute atomic E-state index is 0.0882. The molecule has 3 heterocycles. The summed E-state index contributed by atoms with van der Waals surface area (Å²) in [5, 5.41) is 105. The van der Waals surface area contributed by atoms with Crippen molar-refractivity contribution < 1.29 is 84.3 Å². The molecule has 0 aromatic heterocycles. The molecule has 0 aromatic carbocycles. The molecule has 17 nitrogen and oxygen atoms in total. The van der Waals surface area contributed by atoms with Gasteiger partial charge in [0.1, 0.15) is 67.1 Å². The first-order valence-corrected chi connectivity index (χ1v) is 19.3. The van der Waals surface area contributed by atoms with Crippen LogP contribution in [-0.4, -0.2) is 169 Å². The van der Waals surface area contributed by atoms with E-state index in [2.05, 4.69) is 13.5 Å². The number of aliphatic hydroxyl groups is 10. The van der Waals surface area contributed by atoms with Gasteiger partial charge in [-0.1, -0.05) is 31.9 Å². The fourth-order valence-electron chi connectivity index (χ4n) is 10.3. The average Bonchev–Trinajstić information content (AvgIpc) is 3.25. The lowest BCUT2D eigenvalue weighted by molar-refractivity contribution is -0.388. The lowest BCUT2D eigenvalue weighted by Crippen LogP contribution is -2.67. The van der Waals surface area contributed by atoms with Gasteiger partial charge in [0.25, 0.3) is 0 Å². The van der Waals surface area contributed by atoms with Crippen molar-refractivity contribution in [3.63, 3.8) is 0 Å². The molecular formula is C37H60O17. The summed E-state index contributed by atoms with van der Waals surface area (Å²) in [6.45, 7) is 6.16. The van der Waals surface area contributed by atoms with E-state index in [0.29, 0.717) is 18.3 Å². The van der Waals surface area contributed by atoms with E-state index in [9.17, 15) is 55.9 Å². The summed E-state index contributed by atoms with van der Waals surface area (Å²) >= 11 is 0. The Kier molecular flexibility index (Phi) is 13.2. The van der Waals surface area contributed by atoms with Crippen LogP contribution in [0.1, 0.15) is 71.6 Å². The first-order chi connectivity index (χ1) is 25.6. The number of ether oxygens (including phenoxy) is 6. The van der Waals surface area contributed by atoms with Crippen molar-refractivity contribution in [2.45, 2.75) is 164 Å². The molecule has 1 unspecified atom stereocenters. The zero-order valence-electron chi connectivity index (χ0n) is 30.9. The molecule has 0 spiro atoms. The van der Waals surface area contributed by atoms with Gasteiger partial charge in [-0.15, -0.1) is 0 Å². The Morgan fingerprint density at radius 1 is 0.667 bits per heavy atom. The second-order valence-corrected chi connectivity index (χ2v) is 16.8. The molecule has 7 fully saturated rings. The van der Waals surface area contributed by atoms with Gasteiger partial charge in [-0.3, -0.25) is 4.79 Å². The molecule has 0 aromatic rings. The third-order valence-corrected chi connectivity index (χ3v) is 13.7. The van der Waals surface area contributed by atoms with Crippen molar-refractivity contribution >= 4 is 5.97 Å². The van der Waals surface area contributed by atoms with Crippen LogP contribution < -0.4 is 0 Å². The Bertz CT molecular complexity index is 1300. The van der Waals surface area contributed by atoms with Crippen LogP contribution >= 0.6 is 0 Å². The molecule has 7 rings (SSSR count). The molecule has 4 saturated carbocycles. The van der Waals surface area contributed by atoms with Gasteiger partial charge < -0.3 is 79.5 Å². The standard InChI is InChI=1S/C37H60O17/c1-16-12-18-9-8-17(16)6-4-7-22-36(18,2)10-5-11-37(22,3)35(48)54-34-31(53-33-29(47)27(45)24(42)20(14-39)50-33)30(25(43)21(15-40)51-34)52-32-28(46)26(44)23(41)19(13-38)49-32/h17-34,38-47H,1,4-15H2,2-3H3/t17-,18?,19+,20+,21+,22-,23+,24+,25+,26-,27-,28+,29+,30-,31+,32-,33-,34-,36-,37+/m0/s1. The van der Waals surface area contributed by atoms with Crippen molar-refractivity contribution in [3.8, 4) is 0 Å². The zero-order chi connectivity index (χ0) is 39.3. The molecular weight excluding hydrogens is 716 g/mol. The van der Waals surface area contributed by atoms with Crippen LogP contribution in [0.3, 0.4) is 0 Å². The van der Waals surface area contributed by atoms with Gasteiger partial charge in [0.15, 0.2) is 18.7 Å². The third-order valence-electron chi connectivity index (χ3n) is 13.7. The van der Waals surface area contributed by atoms with Crippen LogP contribution in [0, 0.1) is 28.6 Å². The van der Waals surface area contributed by atoms with Gasteiger partial charge in [-0.2, -0.15) is 0 Å². The Morgan fingerprint density at radius 3 is 1.76 bits per heavy atom. The fourth-order valence-corrected chi connectivity index (χ4v) is 10.3. The smallest absolute Gasteiger partial charge is 0.314 e. The van der Waals surface area contributed by atoms with E-state index >= 15 is 0 Å². The fraction of sp³-hybridized carbons (Fsp3) is 0.919. The van der Waals surface area contributed by atoms with Gasteiger partial charge in [-0.05, 0) is 75.0 Å². The van der Waals surface area contributed by atoms with Crippen LogP contribution in [0.4, 0.5) is 0 Å². The lowest BCUT2D eigenvalue weighted by Gasteiger charge is -2.55. The Hall–Kier alpha value is -1.39. The Morgan fingerprint density at radius 2 is 1.20 bits per heavy atom. The van der Waals surface area contributed by atoms with Gasteiger partial charge in [0, 0.05) is 0 Å². The average molecular weight is 777 g/mol.